The molecule has 1 aromatic rings. The van der Waals surface area contributed by atoms with Crippen LogP contribution in [0.25, 0.3) is 0 Å². The van der Waals surface area contributed by atoms with Crippen molar-refractivity contribution >= 4 is 17.6 Å². The van der Waals surface area contributed by atoms with Gasteiger partial charge in [-0.25, -0.2) is 4.79 Å². The van der Waals surface area contributed by atoms with Gasteiger partial charge in [-0.2, -0.15) is 0 Å². The fourth-order valence-electron chi connectivity index (χ4n) is 2.24. The summed E-state index contributed by atoms with van der Waals surface area (Å²) in [5.41, 5.74) is 6.07. The van der Waals surface area contributed by atoms with E-state index in [0.717, 1.165) is 32.7 Å². The van der Waals surface area contributed by atoms with Gasteiger partial charge in [0.2, 0.25) is 0 Å². The first kappa shape index (κ1) is 15.3. The molecule has 21 heavy (non-hydrogen) atoms. The van der Waals surface area contributed by atoms with E-state index in [9.17, 15) is 9.59 Å². The molecule has 114 valence electrons. The van der Waals surface area contributed by atoms with Crippen LogP contribution in [0.5, 0.6) is 0 Å². The number of anilines is 1. The Balaban J connectivity index is 1.80. The summed E-state index contributed by atoms with van der Waals surface area (Å²) in [6.45, 7) is 5.45. The number of urea groups is 1. The summed E-state index contributed by atoms with van der Waals surface area (Å²) in [6.07, 6.45) is 0. The molecule has 0 aromatic heterocycles. The van der Waals surface area contributed by atoms with Crippen molar-refractivity contribution in [2.75, 3.05) is 44.6 Å². The monoisotopic (exact) mass is 291 g/mol. The van der Waals surface area contributed by atoms with Gasteiger partial charge in [-0.1, -0.05) is 6.07 Å². The maximum atomic E-state index is 12.0. The van der Waals surface area contributed by atoms with Gasteiger partial charge in [0.1, 0.15) is 0 Å². The van der Waals surface area contributed by atoms with E-state index in [1.165, 1.54) is 0 Å². The quantitative estimate of drug-likeness (QED) is 0.604. The third-order valence-corrected chi connectivity index (χ3v) is 3.32. The van der Waals surface area contributed by atoms with Crippen molar-refractivity contribution in [1.82, 2.24) is 15.5 Å². The topological polar surface area (TPSA) is 99.5 Å². The summed E-state index contributed by atoms with van der Waals surface area (Å²) in [7, 11) is 0. The standard InChI is InChI=1S/C14H21N5O2/c15-14(21)18-12-3-1-2-11(10-12)13(20)17-6-9-19-7-4-16-5-8-19/h1-3,10,16H,4-9H2,(H,17,20)(H3,15,18,21). The molecule has 0 aliphatic carbocycles. The van der Waals surface area contributed by atoms with Crippen molar-refractivity contribution < 1.29 is 9.59 Å². The van der Waals surface area contributed by atoms with E-state index in [-0.39, 0.29) is 5.91 Å². The lowest BCUT2D eigenvalue weighted by Gasteiger charge is -2.27. The number of nitrogens with one attached hydrogen (secondary N) is 3. The van der Waals surface area contributed by atoms with Crippen LogP contribution >= 0.6 is 0 Å². The molecule has 0 radical (unpaired) electrons. The molecule has 7 nitrogen and oxygen atoms in total. The van der Waals surface area contributed by atoms with Gasteiger partial charge < -0.3 is 21.7 Å². The van der Waals surface area contributed by atoms with Crippen molar-refractivity contribution in [2.45, 2.75) is 0 Å². The second-order valence-corrected chi connectivity index (χ2v) is 4.92. The average Bonchev–Trinajstić information content (AvgIpc) is 2.48. The van der Waals surface area contributed by atoms with Crippen LogP contribution in [-0.4, -0.2) is 56.1 Å². The van der Waals surface area contributed by atoms with Gasteiger partial charge in [-0.3, -0.25) is 9.69 Å². The third kappa shape index (κ3) is 5.05. The first-order valence-corrected chi connectivity index (χ1v) is 7.03. The minimum absolute atomic E-state index is 0.154. The molecule has 1 aliphatic heterocycles. The number of hydrogen-bond donors (Lipinski definition) is 4. The number of piperazine rings is 1. The highest BCUT2D eigenvalue weighted by Gasteiger charge is 2.10. The van der Waals surface area contributed by atoms with Crippen LogP contribution in [0.15, 0.2) is 24.3 Å². The van der Waals surface area contributed by atoms with Gasteiger partial charge >= 0.3 is 6.03 Å². The highest BCUT2D eigenvalue weighted by Crippen LogP contribution is 2.10. The predicted octanol–water partition coefficient (Wildman–Crippen LogP) is -0.188. The summed E-state index contributed by atoms with van der Waals surface area (Å²) in [6, 6.07) is 6.04. The van der Waals surface area contributed by atoms with E-state index in [1.807, 2.05) is 0 Å². The molecule has 1 heterocycles. The Labute approximate surface area is 123 Å². The molecule has 1 aliphatic rings. The number of nitrogens with zero attached hydrogens (tertiary/aromatic N) is 1. The number of hydrogen-bond acceptors (Lipinski definition) is 4. The Morgan fingerprint density at radius 2 is 2.05 bits per heavy atom. The molecule has 0 bridgehead atoms. The zero-order chi connectivity index (χ0) is 15.1. The fourth-order valence-corrected chi connectivity index (χ4v) is 2.24. The van der Waals surface area contributed by atoms with Crippen molar-refractivity contribution in [3.05, 3.63) is 29.8 Å². The van der Waals surface area contributed by atoms with Crippen LogP contribution in [0.2, 0.25) is 0 Å². The van der Waals surface area contributed by atoms with Crippen molar-refractivity contribution in [2.24, 2.45) is 5.73 Å². The number of benzene rings is 1. The van der Waals surface area contributed by atoms with Gasteiger partial charge in [0.25, 0.3) is 5.91 Å². The lowest BCUT2D eigenvalue weighted by Crippen LogP contribution is -2.46. The predicted molar refractivity (Wildman–Crippen MR) is 81.3 cm³/mol. The SMILES string of the molecule is NC(=O)Nc1cccc(C(=O)NCCN2CCNCC2)c1. The van der Waals surface area contributed by atoms with Gasteiger partial charge in [-0.15, -0.1) is 0 Å². The number of carbonyl (C=O) groups excluding carboxylic acids is 2. The van der Waals surface area contributed by atoms with E-state index in [1.54, 1.807) is 24.3 Å². The molecule has 0 spiro atoms. The van der Waals surface area contributed by atoms with Crippen molar-refractivity contribution in [3.63, 3.8) is 0 Å². The van der Waals surface area contributed by atoms with Gasteiger partial charge in [-0.05, 0) is 18.2 Å². The molecule has 2 rings (SSSR count). The van der Waals surface area contributed by atoms with Crippen LogP contribution < -0.4 is 21.7 Å². The molecule has 1 aromatic carbocycles. The zero-order valence-electron chi connectivity index (χ0n) is 11.9. The Bertz CT molecular complexity index is 500. The van der Waals surface area contributed by atoms with E-state index in [0.29, 0.717) is 17.8 Å². The number of nitrogens with two attached hydrogens (primary N) is 1. The molecule has 7 heteroatoms. The molecular weight excluding hydrogens is 270 g/mol. The molecule has 1 fully saturated rings. The second-order valence-electron chi connectivity index (χ2n) is 4.92. The summed E-state index contributed by atoms with van der Waals surface area (Å²) >= 11 is 0. The molecule has 0 saturated carbocycles. The molecular formula is C14H21N5O2. The third-order valence-electron chi connectivity index (χ3n) is 3.32. The Morgan fingerprint density at radius 3 is 2.76 bits per heavy atom. The van der Waals surface area contributed by atoms with Gasteiger partial charge in [0.05, 0.1) is 0 Å². The molecule has 0 atom stereocenters. The number of amides is 3. The van der Waals surface area contributed by atoms with E-state index in [2.05, 4.69) is 20.9 Å². The minimum atomic E-state index is -0.647. The summed E-state index contributed by atoms with van der Waals surface area (Å²) in [5.74, 6) is -0.154. The molecule has 3 amide bonds. The van der Waals surface area contributed by atoms with E-state index >= 15 is 0 Å². The maximum absolute atomic E-state index is 12.0. The minimum Gasteiger partial charge on any atom is -0.351 e. The Hall–Kier alpha value is -2.12. The first-order chi connectivity index (χ1) is 10.1. The Morgan fingerprint density at radius 1 is 1.29 bits per heavy atom. The van der Waals surface area contributed by atoms with Gasteiger partial charge in [0, 0.05) is 50.5 Å². The van der Waals surface area contributed by atoms with Crippen LogP contribution in [0, 0.1) is 0 Å². The summed E-state index contributed by atoms with van der Waals surface area (Å²) in [5, 5.41) is 8.62. The van der Waals surface area contributed by atoms with E-state index in [4.69, 9.17) is 5.73 Å². The highest BCUT2D eigenvalue weighted by atomic mass is 16.2. The summed E-state index contributed by atoms with van der Waals surface area (Å²) < 4.78 is 0. The number of rotatable bonds is 5. The van der Waals surface area contributed by atoms with E-state index < -0.39 is 6.03 Å². The van der Waals surface area contributed by atoms with Crippen molar-refractivity contribution in [1.29, 1.82) is 0 Å². The molecule has 0 unspecified atom stereocenters. The van der Waals surface area contributed by atoms with Crippen LogP contribution in [-0.2, 0) is 0 Å². The zero-order valence-corrected chi connectivity index (χ0v) is 11.9. The average molecular weight is 291 g/mol. The largest absolute Gasteiger partial charge is 0.351 e. The molecule has 1 saturated heterocycles. The summed E-state index contributed by atoms with van der Waals surface area (Å²) in [4.78, 5) is 25.1. The van der Waals surface area contributed by atoms with Gasteiger partial charge in [0.15, 0.2) is 0 Å². The first-order valence-electron chi connectivity index (χ1n) is 7.03. The highest BCUT2D eigenvalue weighted by molar-refractivity contribution is 5.96. The lowest BCUT2D eigenvalue weighted by atomic mass is 10.2. The normalized spacial score (nSPS) is 15.4. The lowest BCUT2D eigenvalue weighted by molar-refractivity contribution is 0.0947. The second kappa shape index (κ2) is 7.61. The maximum Gasteiger partial charge on any atom is 0.316 e. The van der Waals surface area contributed by atoms with Crippen LogP contribution in [0.3, 0.4) is 0 Å². The molecule has 5 N–H and O–H groups in total. The number of primary amides is 1. The van der Waals surface area contributed by atoms with Crippen LogP contribution in [0.4, 0.5) is 10.5 Å². The van der Waals surface area contributed by atoms with Crippen molar-refractivity contribution in [3.8, 4) is 0 Å². The fraction of sp³-hybridized carbons (Fsp3) is 0.429. The smallest absolute Gasteiger partial charge is 0.316 e. The van der Waals surface area contributed by atoms with Crippen LogP contribution in [0.1, 0.15) is 10.4 Å². The Kier molecular flexibility index (Phi) is 5.53. The number of carbonyl (C=O) groups is 2.